The van der Waals surface area contributed by atoms with Gasteiger partial charge in [-0.3, -0.25) is 9.59 Å². The molecule has 2 rings (SSSR count). The standard InChI is InChI=1S/C13H14INO3/c14-9-6-4-8(5-7-9)12(16)15-11-3-1-2-10(11)13(17)18/h4-7,10-11H,1-3H2,(H,15,16)(H,17,18). The Balaban J connectivity index is 2.03. The molecule has 5 heteroatoms. The molecular weight excluding hydrogens is 345 g/mol. The van der Waals surface area contributed by atoms with Crippen molar-refractivity contribution in [2.45, 2.75) is 25.3 Å². The molecule has 96 valence electrons. The van der Waals surface area contributed by atoms with E-state index in [-0.39, 0.29) is 11.9 Å². The fourth-order valence-corrected chi connectivity index (χ4v) is 2.64. The van der Waals surface area contributed by atoms with Crippen LogP contribution in [-0.2, 0) is 4.79 Å². The molecule has 1 fully saturated rings. The van der Waals surface area contributed by atoms with Gasteiger partial charge in [0.15, 0.2) is 0 Å². The molecular formula is C13H14INO3. The third kappa shape index (κ3) is 3.01. The number of halogens is 1. The average molecular weight is 359 g/mol. The molecule has 0 spiro atoms. The lowest BCUT2D eigenvalue weighted by Crippen LogP contribution is -2.40. The SMILES string of the molecule is O=C(NC1CCCC1C(=O)O)c1ccc(I)cc1. The predicted octanol–water partition coefficient (Wildman–Crippen LogP) is 2.27. The largest absolute Gasteiger partial charge is 0.481 e. The number of amides is 1. The van der Waals surface area contributed by atoms with Crippen LogP contribution < -0.4 is 5.32 Å². The molecule has 0 aromatic heterocycles. The first-order chi connectivity index (χ1) is 8.58. The summed E-state index contributed by atoms with van der Waals surface area (Å²) in [6.07, 6.45) is 2.24. The van der Waals surface area contributed by atoms with Crippen molar-refractivity contribution in [2.75, 3.05) is 0 Å². The zero-order chi connectivity index (χ0) is 13.1. The maximum atomic E-state index is 12.0. The molecule has 0 heterocycles. The normalized spacial score (nSPS) is 22.7. The van der Waals surface area contributed by atoms with Crippen molar-refractivity contribution in [3.05, 3.63) is 33.4 Å². The minimum atomic E-state index is -0.819. The summed E-state index contributed by atoms with van der Waals surface area (Å²) in [6.45, 7) is 0. The number of hydrogen-bond donors (Lipinski definition) is 2. The maximum Gasteiger partial charge on any atom is 0.308 e. The minimum Gasteiger partial charge on any atom is -0.481 e. The van der Waals surface area contributed by atoms with Gasteiger partial charge in [0.25, 0.3) is 5.91 Å². The second kappa shape index (κ2) is 5.69. The highest BCUT2D eigenvalue weighted by atomic mass is 127. The van der Waals surface area contributed by atoms with Crippen LogP contribution in [0.25, 0.3) is 0 Å². The fourth-order valence-electron chi connectivity index (χ4n) is 2.28. The summed E-state index contributed by atoms with van der Waals surface area (Å²) in [4.78, 5) is 23.0. The van der Waals surface area contributed by atoms with Gasteiger partial charge in [-0.25, -0.2) is 0 Å². The summed E-state index contributed by atoms with van der Waals surface area (Å²) in [7, 11) is 0. The Morgan fingerprint density at radius 1 is 1.22 bits per heavy atom. The topological polar surface area (TPSA) is 66.4 Å². The van der Waals surface area contributed by atoms with Gasteiger partial charge in [0.2, 0.25) is 0 Å². The average Bonchev–Trinajstić information content (AvgIpc) is 2.78. The van der Waals surface area contributed by atoms with Crippen LogP contribution in [0.1, 0.15) is 29.6 Å². The van der Waals surface area contributed by atoms with Crippen molar-refractivity contribution < 1.29 is 14.7 Å². The first-order valence-electron chi connectivity index (χ1n) is 5.87. The van der Waals surface area contributed by atoms with Gasteiger partial charge in [-0.2, -0.15) is 0 Å². The molecule has 0 saturated heterocycles. The van der Waals surface area contributed by atoms with Crippen molar-refractivity contribution in [3.63, 3.8) is 0 Å². The Hall–Kier alpha value is -1.11. The van der Waals surface area contributed by atoms with E-state index in [0.29, 0.717) is 12.0 Å². The summed E-state index contributed by atoms with van der Waals surface area (Å²) < 4.78 is 1.06. The van der Waals surface area contributed by atoms with Crippen LogP contribution in [0.15, 0.2) is 24.3 Å². The van der Waals surface area contributed by atoms with Gasteiger partial charge in [0.1, 0.15) is 0 Å². The van der Waals surface area contributed by atoms with Crippen LogP contribution in [0.4, 0.5) is 0 Å². The summed E-state index contributed by atoms with van der Waals surface area (Å²) in [5, 5.41) is 11.9. The Morgan fingerprint density at radius 3 is 2.50 bits per heavy atom. The van der Waals surface area contributed by atoms with Gasteiger partial charge >= 0.3 is 5.97 Å². The quantitative estimate of drug-likeness (QED) is 0.814. The summed E-state index contributed by atoms with van der Waals surface area (Å²) in [5.74, 6) is -1.46. The van der Waals surface area contributed by atoms with E-state index in [1.807, 2.05) is 12.1 Å². The Morgan fingerprint density at radius 2 is 1.89 bits per heavy atom. The van der Waals surface area contributed by atoms with E-state index < -0.39 is 11.9 Å². The smallest absolute Gasteiger partial charge is 0.308 e. The molecule has 1 aliphatic rings. The van der Waals surface area contributed by atoms with Crippen LogP contribution in [0.2, 0.25) is 0 Å². The molecule has 0 radical (unpaired) electrons. The lowest BCUT2D eigenvalue weighted by Gasteiger charge is -2.17. The van der Waals surface area contributed by atoms with Crippen molar-refractivity contribution in [1.82, 2.24) is 5.32 Å². The third-order valence-electron chi connectivity index (χ3n) is 3.26. The second-order valence-electron chi connectivity index (χ2n) is 4.46. The highest BCUT2D eigenvalue weighted by Crippen LogP contribution is 2.26. The van der Waals surface area contributed by atoms with Gasteiger partial charge < -0.3 is 10.4 Å². The number of carboxylic acid groups (broad SMARTS) is 1. The Kier molecular flexibility index (Phi) is 4.21. The lowest BCUT2D eigenvalue weighted by atomic mass is 10.0. The third-order valence-corrected chi connectivity index (χ3v) is 3.98. The van der Waals surface area contributed by atoms with Crippen LogP contribution in [0.5, 0.6) is 0 Å². The van der Waals surface area contributed by atoms with E-state index in [1.54, 1.807) is 12.1 Å². The summed E-state index contributed by atoms with van der Waals surface area (Å²) in [6, 6.07) is 6.98. The van der Waals surface area contributed by atoms with E-state index >= 15 is 0 Å². The van der Waals surface area contributed by atoms with Gasteiger partial charge in [-0.1, -0.05) is 6.42 Å². The molecule has 1 aliphatic carbocycles. The first kappa shape index (κ1) is 13.3. The molecule has 1 aromatic carbocycles. The second-order valence-corrected chi connectivity index (χ2v) is 5.71. The Labute approximate surface area is 119 Å². The van der Waals surface area contributed by atoms with E-state index in [9.17, 15) is 9.59 Å². The minimum absolute atomic E-state index is 0.190. The molecule has 2 unspecified atom stereocenters. The number of aliphatic carboxylic acids is 1. The van der Waals surface area contributed by atoms with Gasteiger partial charge in [-0.15, -0.1) is 0 Å². The van der Waals surface area contributed by atoms with E-state index in [0.717, 1.165) is 16.4 Å². The summed E-state index contributed by atoms with van der Waals surface area (Å²) >= 11 is 2.17. The highest BCUT2D eigenvalue weighted by Gasteiger charge is 2.33. The summed E-state index contributed by atoms with van der Waals surface area (Å²) in [5.41, 5.74) is 0.575. The molecule has 1 amide bonds. The number of benzene rings is 1. The number of carbonyl (C=O) groups is 2. The zero-order valence-corrected chi connectivity index (χ0v) is 11.9. The van der Waals surface area contributed by atoms with Crippen LogP contribution in [-0.4, -0.2) is 23.0 Å². The number of rotatable bonds is 3. The molecule has 4 nitrogen and oxygen atoms in total. The molecule has 1 aromatic rings. The van der Waals surface area contributed by atoms with E-state index in [4.69, 9.17) is 5.11 Å². The molecule has 0 aliphatic heterocycles. The monoisotopic (exact) mass is 359 g/mol. The van der Waals surface area contributed by atoms with E-state index in [1.165, 1.54) is 0 Å². The lowest BCUT2D eigenvalue weighted by molar-refractivity contribution is -0.142. The number of carbonyl (C=O) groups excluding carboxylic acids is 1. The number of nitrogens with one attached hydrogen (secondary N) is 1. The van der Waals surface area contributed by atoms with Crippen molar-refractivity contribution in [1.29, 1.82) is 0 Å². The van der Waals surface area contributed by atoms with Crippen LogP contribution >= 0.6 is 22.6 Å². The predicted molar refractivity (Wildman–Crippen MR) is 75.4 cm³/mol. The molecule has 1 saturated carbocycles. The highest BCUT2D eigenvalue weighted by molar-refractivity contribution is 14.1. The zero-order valence-electron chi connectivity index (χ0n) is 9.73. The molecule has 2 atom stereocenters. The molecule has 18 heavy (non-hydrogen) atoms. The molecule has 2 N–H and O–H groups in total. The van der Waals surface area contributed by atoms with Crippen LogP contribution in [0, 0.1) is 9.49 Å². The van der Waals surface area contributed by atoms with Gasteiger partial charge in [-0.05, 0) is 59.7 Å². The Bertz CT molecular complexity index is 458. The van der Waals surface area contributed by atoms with Crippen molar-refractivity contribution >= 4 is 34.5 Å². The van der Waals surface area contributed by atoms with Gasteiger partial charge in [0.05, 0.1) is 5.92 Å². The number of carboxylic acids is 1. The first-order valence-corrected chi connectivity index (χ1v) is 6.95. The van der Waals surface area contributed by atoms with Crippen molar-refractivity contribution in [3.8, 4) is 0 Å². The number of hydrogen-bond acceptors (Lipinski definition) is 2. The maximum absolute atomic E-state index is 12.0. The van der Waals surface area contributed by atoms with E-state index in [2.05, 4.69) is 27.9 Å². The van der Waals surface area contributed by atoms with Gasteiger partial charge in [0, 0.05) is 15.2 Å². The van der Waals surface area contributed by atoms with Crippen molar-refractivity contribution in [2.24, 2.45) is 5.92 Å². The fraction of sp³-hybridized carbons (Fsp3) is 0.385. The molecule has 0 bridgehead atoms. The van der Waals surface area contributed by atoms with Crippen LogP contribution in [0.3, 0.4) is 0 Å².